The fraction of sp³-hybridized carbons (Fsp3) is 0.588. The Hall–Kier alpha value is -1.17. The van der Waals surface area contributed by atoms with E-state index in [0.717, 1.165) is 29.8 Å². The van der Waals surface area contributed by atoms with E-state index in [9.17, 15) is 18.0 Å². The van der Waals surface area contributed by atoms with Crippen LogP contribution >= 0.6 is 11.8 Å². The molecule has 0 saturated carbocycles. The summed E-state index contributed by atoms with van der Waals surface area (Å²) in [6, 6.07) is 3.00. The average Bonchev–Trinajstić information content (AvgIpc) is 2.39. The molecule has 0 bridgehead atoms. The van der Waals surface area contributed by atoms with Crippen molar-refractivity contribution in [2.24, 2.45) is 11.3 Å². The monoisotopic (exact) mass is 349 g/mol. The van der Waals surface area contributed by atoms with E-state index in [1.807, 2.05) is 0 Å². The van der Waals surface area contributed by atoms with Crippen LogP contribution in [0, 0.1) is 11.3 Å². The molecule has 1 aromatic carbocycles. The Morgan fingerprint density at radius 1 is 1.22 bits per heavy atom. The minimum Gasteiger partial charge on any atom is -0.398 e. The Labute approximate surface area is 141 Å². The normalized spacial score (nSPS) is 11.9. The molecule has 0 amide bonds. The number of nitrogens with two attached hydrogens (primary N) is 1. The summed E-state index contributed by atoms with van der Waals surface area (Å²) >= 11 is 0.865. The molecule has 0 heterocycles. The first kappa shape index (κ1) is 21.8. The predicted octanol–water partition coefficient (Wildman–Crippen LogP) is 6.00. The first-order chi connectivity index (χ1) is 10.3. The van der Waals surface area contributed by atoms with E-state index in [2.05, 4.69) is 20.8 Å². The lowest BCUT2D eigenvalue weighted by molar-refractivity contribution is -0.137. The molecule has 0 aromatic heterocycles. The third-order valence-electron chi connectivity index (χ3n) is 2.97. The van der Waals surface area contributed by atoms with E-state index in [1.54, 1.807) is 20.8 Å². The lowest BCUT2D eigenvalue weighted by atomic mass is 10.00. The highest BCUT2D eigenvalue weighted by Gasteiger charge is 2.31. The van der Waals surface area contributed by atoms with Crippen molar-refractivity contribution in [1.29, 1.82) is 0 Å². The van der Waals surface area contributed by atoms with E-state index in [0.29, 0.717) is 4.90 Å². The highest BCUT2D eigenvalue weighted by atomic mass is 32.2. The van der Waals surface area contributed by atoms with Crippen LogP contribution in [0.2, 0.25) is 0 Å². The molecule has 23 heavy (non-hydrogen) atoms. The SMILES string of the molecule is CC(C)(C)C(=O)Sc1ccc(C(F)(F)F)cc1N.CCC(C)C. The van der Waals surface area contributed by atoms with Gasteiger partial charge in [-0.2, -0.15) is 13.2 Å². The highest BCUT2D eigenvalue weighted by Crippen LogP contribution is 2.36. The maximum Gasteiger partial charge on any atom is 0.416 e. The van der Waals surface area contributed by atoms with Gasteiger partial charge in [0.25, 0.3) is 0 Å². The van der Waals surface area contributed by atoms with Gasteiger partial charge in [0.05, 0.1) is 5.56 Å². The van der Waals surface area contributed by atoms with Crippen molar-refractivity contribution in [3.63, 3.8) is 0 Å². The van der Waals surface area contributed by atoms with Crippen molar-refractivity contribution in [1.82, 2.24) is 0 Å². The summed E-state index contributed by atoms with van der Waals surface area (Å²) in [5.41, 5.74) is 4.12. The molecular weight excluding hydrogens is 323 g/mol. The first-order valence-corrected chi connectivity index (χ1v) is 8.29. The number of halogens is 3. The Bertz CT molecular complexity index is 520. The maximum atomic E-state index is 12.4. The number of thioether (sulfide) groups is 1. The Kier molecular flexibility index (Phi) is 8.18. The number of benzene rings is 1. The fourth-order valence-electron chi connectivity index (χ4n) is 1.07. The van der Waals surface area contributed by atoms with Crippen LogP contribution in [-0.4, -0.2) is 5.12 Å². The van der Waals surface area contributed by atoms with E-state index in [1.165, 1.54) is 12.5 Å². The largest absolute Gasteiger partial charge is 0.416 e. The molecule has 2 N–H and O–H groups in total. The van der Waals surface area contributed by atoms with Crippen molar-refractivity contribution in [3.8, 4) is 0 Å². The summed E-state index contributed by atoms with van der Waals surface area (Å²) in [7, 11) is 0. The summed E-state index contributed by atoms with van der Waals surface area (Å²) in [6.07, 6.45) is -3.12. The van der Waals surface area contributed by atoms with Gasteiger partial charge >= 0.3 is 6.18 Å². The molecule has 0 spiro atoms. The Morgan fingerprint density at radius 2 is 1.70 bits per heavy atom. The molecule has 0 aliphatic carbocycles. The predicted molar refractivity (Wildman–Crippen MR) is 91.3 cm³/mol. The van der Waals surface area contributed by atoms with E-state index < -0.39 is 17.2 Å². The number of alkyl halides is 3. The molecule has 0 fully saturated rings. The molecule has 0 atom stereocenters. The average molecular weight is 349 g/mol. The third kappa shape index (κ3) is 8.30. The van der Waals surface area contributed by atoms with Crippen LogP contribution in [0.5, 0.6) is 0 Å². The van der Waals surface area contributed by atoms with Gasteiger partial charge in [-0.3, -0.25) is 4.79 Å². The lowest BCUT2D eigenvalue weighted by Crippen LogP contribution is -2.16. The molecule has 0 aliphatic rings. The fourth-order valence-corrected chi connectivity index (χ4v) is 1.89. The minimum atomic E-state index is -4.43. The second-order valence-electron chi connectivity index (χ2n) is 6.69. The highest BCUT2D eigenvalue weighted by molar-refractivity contribution is 8.13. The van der Waals surface area contributed by atoms with Crippen LogP contribution in [0.4, 0.5) is 18.9 Å². The molecule has 0 saturated heterocycles. The van der Waals surface area contributed by atoms with Gasteiger partial charge < -0.3 is 5.73 Å². The van der Waals surface area contributed by atoms with Crippen LogP contribution in [0.1, 0.15) is 53.5 Å². The molecule has 0 radical (unpaired) electrons. The summed E-state index contributed by atoms with van der Waals surface area (Å²) < 4.78 is 37.3. The van der Waals surface area contributed by atoms with Gasteiger partial charge in [0.2, 0.25) is 0 Å². The van der Waals surface area contributed by atoms with Gasteiger partial charge in [0, 0.05) is 16.0 Å². The van der Waals surface area contributed by atoms with Gasteiger partial charge in [-0.1, -0.05) is 48.0 Å². The first-order valence-electron chi connectivity index (χ1n) is 7.48. The maximum absolute atomic E-state index is 12.4. The van der Waals surface area contributed by atoms with Crippen LogP contribution < -0.4 is 5.73 Å². The summed E-state index contributed by atoms with van der Waals surface area (Å²) in [6.45, 7) is 11.9. The summed E-state index contributed by atoms with van der Waals surface area (Å²) in [5.74, 6) is 0.884. The van der Waals surface area contributed by atoms with E-state index in [-0.39, 0.29) is 10.8 Å². The summed E-state index contributed by atoms with van der Waals surface area (Å²) in [4.78, 5) is 12.1. The minimum absolute atomic E-state index is 0.0348. The Morgan fingerprint density at radius 3 is 2.00 bits per heavy atom. The number of hydrogen-bond acceptors (Lipinski definition) is 3. The number of carbonyl (C=O) groups excluding carboxylic acids is 1. The quantitative estimate of drug-likeness (QED) is 0.525. The van der Waals surface area contributed by atoms with E-state index >= 15 is 0 Å². The van der Waals surface area contributed by atoms with Gasteiger partial charge in [-0.15, -0.1) is 0 Å². The van der Waals surface area contributed by atoms with Gasteiger partial charge in [-0.25, -0.2) is 0 Å². The van der Waals surface area contributed by atoms with Gasteiger partial charge in [-0.05, 0) is 35.9 Å². The third-order valence-corrected chi connectivity index (χ3v) is 4.36. The van der Waals surface area contributed by atoms with Crippen LogP contribution in [-0.2, 0) is 11.0 Å². The van der Waals surface area contributed by atoms with Gasteiger partial charge in [0.1, 0.15) is 0 Å². The molecule has 6 heteroatoms. The van der Waals surface area contributed by atoms with E-state index in [4.69, 9.17) is 5.73 Å². The molecule has 1 rings (SSSR count). The number of nitrogen functional groups attached to an aromatic ring is 1. The van der Waals surface area contributed by atoms with Crippen LogP contribution in [0.3, 0.4) is 0 Å². The van der Waals surface area contributed by atoms with Crippen LogP contribution in [0.25, 0.3) is 0 Å². The number of carbonyl (C=O) groups is 1. The summed E-state index contributed by atoms with van der Waals surface area (Å²) in [5, 5.41) is -0.144. The number of hydrogen-bond donors (Lipinski definition) is 1. The molecule has 132 valence electrons. The standard InChI is InChI=1S/C12H14F3NOS.C5H12/c1-11(2,3)10(17)18-9-5-4-7(6-8(9)16)12(13,14)15;1-4-5(2)3/h4-6H,16H2,1-3H3;5H,4H2,1-3H3. The van der Waals surface area contributed by atoms with Crippen LogP contribution in [0.15, 0.2) is 23.1 Å². The second-order valence-corrected chi connectivity index (χ2v) is 7.71. The molecule has 0 unspecified atom stereocenters. The van der Waals surface area contributed by atoms with Crippen molar-refractivity contribution >= 4 is 22.6 Å². The second kappa shape index (κ2) is 8.62. The van der Waals surface area contributed by atoms with Crippen molar-refractivity contribution in [2.45, 2.75) is 59.0 Å². The zero-order valence-corrected chi connectivity index (χ0v) is 15.4. The van der Waals surface area contributed by atoms with Crippen molar-refractivity contribution in [3.05, 3.63) is 23.8 Å². The number of rotatable bonds is 2. The smallest absolute Gasteiger partial charge is 0.398 e. The lowest BCUT2D eigenvalue weighted by Gasteiger charge is -2.16. The van der Waals surface area contributed by atoms with Gasteiger partial charge in [0.15, 0.2) is 5.12 Å². The topological polar surface area (TPSA) is 43.1 Å². The Balaban J connectivity index is 0.000000841. The molecule has 1 aromatic rings. The zero-order chi connectivity index (χ0) is 18.4. The zero-order valence-electron chi connectivity index (χ0n) is 14.5. The molecule has 2 nitrogen and oxygen atoms in total. The molecular formula is C17H26F3NOS. The van der Waals surface area contributed by atoms with Crippen molar-refractivity contribution < 1.29 is 18.0 Å². The molecule has 0 aliphatic heterocycles. The van der Waals surface area contributed by atoms with Crippen molar-refractivity contribution in [2.75, 3.05) is 5.73 Å². The number of anilines is 1.